The third kappa shape index (κ3) is 2.91. The zero-order valence-electron chi connectivity index (χ0n) is 14.7. The summed E-state index contributed by atoms with van der Waals surface area (Å²) in [6.07, 6.45) is 6.95. The number of anilines is 1. The van der Waals surface area contributed by atoms with Crippen molar-refractivity contribution in [2.45, 2.75) is 12.8 Å². The molecule has 4 rings (SSSR count). The first kappa shape index (κ1) is 16.9. The van der Waals surface area contributed by atoms with Crippen molar-refractivity contribution in [3.8, 4) is 11.3 Å². The molecule has 1 aliphatic carbocycles. The lowest BCUT2D eigenvalue weighted by Crippen LogP contribution is -2.34. The monoisotopic (exact) mass is 369 g/mol. The van der Waals surface area contributed by atoms with Gasteiger partial charge in [0.05, 0.1) is 30.6 Å². The minimum absolute atomic E-state index is 0.118. The van der Waals surface area contributed by atoms with Gasteiger partial charge in [-0.25, -0.2) is 4.98 Å². The van der Waals surface area contributed by atoms with Gasteiger partial charge in [0.25, 0.3) is 5.91 Å². The molecular weight excluding hydrogens is 350 g/mol. The molecule has 26 heavy (non-hydrogen) atoms. The second-order valence-corrected chi connectivity index (χ2v) is 7.15. The molecule has 3 aromatic heterocycles. The number of thiazole rings is 1. The molecule has 0 saturated carbocycles. The molecule has 134 valence electrons. The van der Waals surface area contributed by atoms with Gasteiger partial charge in [-0.05, 0) is 25.0 Å². The SMILES string of the molecule is COCCN(C(=O)c1cccnc1)c1nc2c(s1)CCc1c-2cnn1C. The molecule has 3 aromatic rings. The molecule has 7 nitrogen and oxygen atoms in total. The number of hydrogen-bond donors (Lipinski definition) is 0. The Kier molecular flexibility index (Phi) is 4.52. The van der Waals surface area contributed by atoms with Crippen LogP contribution in [-0.4, -0.2) is 45.9 Å². The average molecular weight is 369 g/mol. The fourth-order valence-corrected chi connectivity index (χ4v) is 4.23. The number of methoxy groups -OCH3 is 1. The summed E-state index contributed by atoms with van der Waals surface area (Å²) in [6.45, 7) is 0.880. The Morgan fingerprint density at radius 1 is 1.38 bits per heavy atom. The van der Waals surface area contributed by atoms with Gasteiger partial charge in [-0.2, -0.15) is 5.10 Å². The van der Waals surface area contributed by atoms with Crippen molar-refractivity contribution in [1.29, 1.82) is 0 Å². The quantitative estimate of drug-likeness (QED) is 0.690. The second kappa shape index (κ2) is 6.97. The number of fused-ring (bicyclic) bond motifs is 3. The normalized spacial score (nSPS) is 12.5. The van der Waals surface area contributed by atoms with Crippen molar-refractivity contribution in [3.63, 3.8) is 0 Å². The molecule has 8 heteroatoms. The summed E-state index contributed by atoms with van der Waals surface area (Å²) in [5, 5.41) is 5.05. The van der Waals surface area contributed by atoms with Gasteiger partial charge in [0.15, 0.2) is 5.13 Å². The smallest absolute Gasteiger partial charge is 0.261 e. The molecule has 0 fully saturated rings. The van der Waals surface area contributed by atoms with Gasteiger partial charge in [0, 0.05) is 42.7 Å². The van der Waals surface area contributed by atoms with Gasteiger partial charge in [-0.15, -0.1) is 11.3 Å². The van der Waals surface area contributed by atoms with Crippen LogP contribution in [0.15, 0.2) is 30.7 Å². The zero-order chi connectivity index (χ0) is 18.1. The van der Waals surface area contributed by atoms with Crippen molar-refractivity contribution < 1.29 is 9.53 Å². The molecule has 0 aliphatic heterocycles. The van der Waals surface area contributed by atoms with Crippen LogP contribution >= 0.6 is 11.3 Å². The molecule has 1 aliphatic rings. The summed E-state index contributed by atoms with van der Waals surface area (Å²) in [7, 11) is 3.58. The molecular formula is C18H19N5O2S. The number of ether oxygens (including phenoxy) is 1. The van der Waals surface area contributed by atoms with Crippen LogP contribution in [0.1, 0.15) is 20.9 Å². The Labute approximate surface area is 155 Å². The van der Waals surface area contributed by atoms with Gasteiger partial charge in [0.1, 0.15) is 0 Å². The highest BCUT2D eigenvalue weighted by Gasteiger charge is 2.27. The Hall–Kier alpha value is -2.58. The van der Waals surface area contributed by atoms with Crippen LogP contribution in [0.3, 0.4) is 0 Å². The second-order valence-electron chi connectivity index (χ2n) is 6.09. The summed E-state index contributed by atoms with van der Waals surface area (Å²) in [5.74, 6) is -0.118. The molecule has 0 bridgehead atoms. The van der Waals surface area contributed by atoms with Crippen LogP contribution in [0.5, 0.6) is 0 Å². The van der Waals surface area contributed by atoms with E-state index in [1.807, 2.05) is 17.9 Å². The van der Waals surface area contributed by atoms with E-state index in [0.29, 0.717) is 23.8 Å². The Balaban J connectivity index is 1.72. The lowest BCUT2D eigenvalue weighted by molar-refractivity contribution is 0.0975. The van der Waals surface area contributed by atoms with Crippen LogP contribution in [-0.2, 0) is 24.6 Å². The first-order valence-corrected chi connectivity index (χ1v) is 9.22. The van der Waals surface area contributed by atoms with Crippen molar-refractivity contribution in [3.05, 3.63) is 46.9 Å². The van der Waals surface area contributed by atoms with Crippen molar-refractivity contribution in [2.75, 3.05) is 25.2 Å². The number of carbonyl (C=O) groups is 1. The largest absolute Gasteiger partial charge is 0.383 e. The summed E-state index contributed by atoms with van der Waals surface area (Å²) < 4.78 is 7.10. The number of aromatic nitrogens is 4. The third-order valence-corrected chi connectivity index (χ3v) is 5.63. The zero-order valence-corrected chi connectivity index (χ0v) is 15.5. The van der Waals surface area contributed by atoms with E-state index in [4.69, 9.17) is 9.72 Å². The summed E-state index contributed by atoms with van der Waals surface area (Å²) in [6, 6.07) is 3.53. The molecule has 0 spiro atoms. The number of aryl methyl sites for hydroxylation is 2. The average Bonchev–Trinajstić information content (AvgIpc) is 3.26. The van der Waals surface area contributed by atoms with Gasteiger partial charge in [-0.1, -0.05) is 0 Å². The summed E-state index contributed by atoms with van der Waals surface area (Å²) in [4.78, 5) is 24.7. The maximum Gasteiger partial charge on any atom is 0.261 e. The van der Waals surface area contributed by atoms with E-state index in [9.17, 15) is 4.79 Å². The van der Waals surface area contributed by atoms with E-state index in [0.717, 1.165) is 24.1 Å². The number of hydrogen-bond acceptors (Lipinski definition) is 6. The fraction of sp³-hybridized carbons (Fsp3) is 0.333. The van der Waals surface area contributed by atoms with Crippen LogP contribution in [0.2, 0.25) is 0 Å². The third-order valence-electron chi connectivity index (χ3n) is 4.50. The lowest BCUT2D eigenvalue weighted by Gasteiger charge is -2.19. The van der Waals surface area contributed by atoms with E-state index in [-0.39, 0.29) is 5.91 Å². The Morgan fingerprint density at radius 3 is 3.04 bits per heavy atom. The van der Waals surface area contributed by atoms with Crippen LogP contribution in [0.25, 0.3) is 11.3 Å². The highest BCUT2D eigenvalue weighted by molar-refractivity contribution is 7.16. The first-order valence-electron chi connectivity index (χ1n) is 8.41. The molecule has 0 saturated heterocycles. The maximum absolute atomic E-state index is 13.0. The van der Waals surface area contributed by atoms with E-state index >= 15 is 0 Å². The van der Waals surface area contributed by atoms with Gasteiger partial charge < -0.3 is 4.74 Å². The molecule has 0 unspecified atom stereocenters. The van der Waals surface area contributed by atoms with Gasteiger partial charge in [0.2, 0.25) is 0 Å². The van der Waals surface area contributed by atoms with E-state index < -0.39 is 0 Å². The molecule has 0 atom stereocenters. The molecule has 3 heterocycles. The standard InChI is InChI=1S/C18H19N5O2S/c1-22-14-5-6-15-16(13(14)11-20-22)21-18(26-15)23(8-9-25-2)17(24)12-4-3-7-19-10-12/h3-4,7,10-11H,5-6,8-9H2,1-2H3. The predicted octanol–water partition coefficient (Wildman–Crippen LogP) is 2.33. The van der Waals surface area contributed by atoms with Crippen molar-refractivity contribution in [2.24, 2.45) is 7.05 Å². The van der Waals surface area contributed by atoms with Crippen LogP contribution in [0.4, 0.5) is 5.13 Å². The lowest BCUT2D eigenvalue weighted by atomic mass is 10.0. The van der Waals surface area contributed by atoms with Crippen LogP contribution < -0.4 is 4.90 Å². The fourth-order valence-electron chi connectivity index (χ4n) is 3.14. The topological polar surface area (TPSA) is 73.1 Å². The van der Waals surface area contributed by atoms with E-state index in [1.54, 1.807) is 47.9 Å². The van der Waals surface area contributed by atoms with Crippen LogP contribution in [0, 0.1) is 0 Å². The minimum atomic E-state index is -0.118. The number of nitrogens with zero attached hydrogens (tertiary/aromatic N) is 5. The number of carbonyl (C=O) groups excluding carboxylic acids is 1. The summed E-state index contributed by atoms with van der Waals surface area (Å²) >= 11 is 1.57. The molecule has 0 N–H and O–H groups in total. The van der Waals surface area contributed by atoms with E-state index in [1.165, 1.54) is 10.6 Å². The summed E-state index contributed by atoms with van der Waals surface area (Å²) in [5.41, 5.74) is 3.74. The molecule has 0 aromatic carbocycles. The number of amides is 1. The Morgan fingerprint density at radius 2 is 2.27 bits per heavy atom. The Bertz CT molecular complexity index is 934. The predicted molar refractivity (Wildman–Crippen MR) is 99.5 cm³/mol. The number of pyridine rings is 1. The van der Waals surface area contributed by atoms with Crippen molar-refractivity contribution in [1.82, 2.24) is 19.7 Å². The minimum Gasteiger partial charge on any atom is -0.383 e. The van der Waals surface area contributed by atoms with Gasteiger partial charge >= 0.3 is 0 Å². The van der Waals surface area contributed by atoms with E-state index in [2.05, 4.69) is 10.1 Å². The first-order chi connectivity index (χ1) is 12.7. The molecule has 0 radical (unpaired) electrons. The molecule has 1 amide bonds. The highest BCUT2D eigenvalue weighted by Crippen LogP contribution is 2.39. The maximum atomic E-state index is 13.0. The van der Waals surface area contributed by atoms with Gasteiger partial charge in [-0.3, -0.25) is 19.4 Å². The van der Waals surface area contributed by atoms with Crippen molar-refractivity contribution >= 4 is 22.4 Å². The highest BCUT2D eigenvalue weighted by atomic mass is 32.1. The number of rotatable bonds is 5.